The van der Waals surface area contributed by atoms with Crippen LogP contribution in [0, 0.1) is 0 Å². The van der Waals surface area contributed by atoms with E-state index in [1.54, 1.807) is 18.2 Å². The van der Waals surface area contributed by atoms with Crippen molar-refractivity contribution in [3.05, 3.63) is 87.5 Å². The zero-order valence-electron chi connectivity index (χ0n) is 24.6. The third kappa shape index (κ3) is 6.78. The highest BCUT2D eigenvalue weighted by molar-refractivity contribution is 6.39. The van der Waals surface area contributed by atoms with Gasteiger partial charge >= 0.3 is 6.09 Å². The van der Waals surface area contributed by atoms with Gasteiger partial charge in [0, 0.05) is 60.2 Å². The van der Waals surface area contributed by atoms with E-state index in [2.05, 4.69) is 10.3 Å². The highest BCUT2D eigenvalue weighted by atomic mass is 35.5. The van der Waals surface area contributed by atoms with Gasteiger partial charge in [-0.2, -0.15) is 0 Å². The molecular formula is C33H34Cl2N4O4. The third-order valence-corrected chi connectivity index (χ3v) is 7.83. The number of aromatic nitrogens is 2. The molecule has 0 saturated heterocycles. The summed E-state index contributed by atoms with van der Waals surface area (Å²) in [6.07, 6.45) is 1.38. The fourth-order valence-electron chi connectivity index (χ4n) is 5.02. The van der Waals surface area contributed by atoms with Crippen molar-refractivity contribution < 1.29 is 19.4 Å². The normalized spacial score (nSPS) is 12.8. The van der Waals surface area contributed by atoms with E-state index in [0.717, 1.165) is 38.9 Å². The van der Waals surface area contributed by atoms with Crippen LogP contribution < -0.4 is 10.1 Å². The average molecular weight is 622 g/mol. The maximum atomic E-state index is 12.6. The average Bonchev–Trinajstić information content (AvgIpc) is 3.41. The number of fused-ring (bicyclic) bond motifs is 1. The van der Waals surface area contributed by atoms with Crippen LogP contribution in [0.25, 0.3) is 33.6 Å². The first kappa shape index (κ1) is 30.8. The van der Waals surface area contributed by atoms with Crippen molar-refractivity contribution in [1.82, 2.24) is 20.2 Å². The van der Waals surface area contributed by atoms with Crippen LogP contribution in [-0.4, -0.2) is 51.9 Å². The summed E-state index contributed by atoms with van der Waals surface area (Å²) in [5.41, 5.74) is 6.77. The van der Waals surface area contributed by atoms with Crippen LogP contribution in [0.3, 0.4) is 0 Å². The SMILES string of the molecule is COc1nc(-c2cccc(-c3ccnc(-c4ccc5c(c4)CN(C(=O)OC(C)(C)C)C5)c3Cl)c2Cl)ccc1CNCCO. The molecule has 2 N–H and O–H groups in total. The number of hydrogen-bond donors (Lipinski definition) is 2. The van der Waals surface area contributed by atoms with Gasteiger partial charge in [0.15, 0.2) is 0 Å². The second-order valence-electron chi connectivity index (χ2n) is 11.3. The molecule has 1 aliphatic rings. The molecule has 0 bridgehead atoms. The summed E-state index contributed by atoms with van der Waals surface area (Å²) in [4.78, 5) is 23.6. The van der Waals surface area contributed by atoms with Crippen LogP contribution in [0.15, 0.2) is 60.8 Å². The van der Waals surface area contributed by atoms with Crippen LogP contribution in [0.1, 0.15) is 37.5 Å². The molecule has 0 spiro atoms. The van der Waals surface area contributed by atoms with Crippen molar-refractivity contribution in [1.29, 1.82) is 0 Å². The molecule has 0 unspecified atom stereocenters. The molecule has 4 aromatic rings. The number of aliphatic hydroxyl groups is 1. The van der Waals surface area contributed by atoms with Crippen molar-refractivity contribution >= 4 is 29.3 Å². The molecule has 1 amide bonds. The molecule has 0 aliphatic carbocycles. The van der Waals surface area contributed by atoms with Crippen molar-refractivity contribution in [2.75, 3.05) is 20.3 Å². The smallest absolute Gasteiger partial charge is 0.410 e. The Balaban J connectivity index is 1.44. The highest BCUT2D eigenvalue weighted by Gasteiger charge is 2.28. The summed E-state index contributed by atoms with van der Waals surface area (Å²) in [6.45, 7) is 7.57. The minimum absolute atomic E-state index is 0.0503. The van der Waals surface area contributed by atoms with Gasteiger partial charge in [0.1, 0.15) is 5.60 Å². The van der Waals surface area contributed by atoms with Gasteiger partial charge in [-0.15, -0.1) is 0 Å². The molecule has 8 nitrogen and oxygen atoms in total. The van der Waals surface area contributed by atoms with Gasteiger partial charge in [0.2, 0.25) is 5.88 Å². The van der Waals surface area contributed by atoms with Gasteiger partial charge in [-0.3, -0.25) is 9.88 Å². The predicted octanol–water partition coefficient (Wildman–Crippen LogP) is 7.13. The number of carbonyl (C=O) groups excluding carboxylic acids is 1. The Hall–Kier alpha value is -3.69. The van der Waals surface area contributed by atoms with Gasteiger partial charge in [-0.1, -0.05) is 59.6 Å². The lowest BCUT2D eigenvalue weighted by Crippen LogP contribution is -2.33. The molecule has 3 heterocycles. The Morgan fingerprint density at radius 2 is 1.74 bits per heavy atom. The molecule has 43 heavy (non-hydrogen) atoms. The van der Waals surface area contributed by atoms with Crippen LogP contribution >= 0.6 is 23.2 Å². The lowest BCUT2D eigenvalue weighted by atomic mass is 9.98. The van der Waals surface area contributed by atoms with E-state index >= 15 is 0 Å². The van der Waals surface area contributed by atoms with E-state index in [9.17, 15) is 4.79 Å². The molecule has 10 heteroatoms. The van der Waals surface area contributed by atoms with Gasteiger partial charge in [0.05, 0.1) is 35.1 Å². The minimum Gasteiger partial charge on any atom is -0.481 e. The number of carbonyl (C=O) groups is 1. The number of halogens is 2. The number of hydrogen-bond acceptors (Lipinski definition) is 7. The summed E-state index contributed by atoms with van der Waals surface area (Å²) in [5, 5.41) is 13.2. The minimum atomic E-state index is -0.558. The fraction of sp³-hybridized carbons (Fsp3) is 0.303. The molecule has 2 aromatic heterocycles. The standard InChI is InChI=1S/C33H34Cl2N4O4/c1-33(2,3)43-32(41)39-18-22-9-8-20(16-23(22)19-39)30-29(35)25(12-13-37-30)24-6-5-7-26(28(24)34)27-11-10-21(17-36-14-15-40)31(38-27)42-4/h5-13,16,36,40H,14-15,17-19H2,1-4H3. The predicted molar refractivity (Wildman–Crippen MR) is 169 cm³/mol. The van der Waals surface area contributed by atoms with Crippen LogP contribution in [0.2, 0.25) is 10.0 Å². The van der Waals surface area contributed by atoms with Crippen LogP contribution in [0.4, 0.5) is 4.79 Å². The number of aliphatic hydroxyl groups excluding tert-OH is 1. The number of benzene rings is 2. The number of nitrogens with one attached hydrogen (secondary N) is 1. The molecule has 0 radical (unpaired) electrons. The van der Waals surface area contributed by atoms with Crippen molar-refractivity contribution in [3.63, 3.8) is 0 Å². The number of pyridine rings is 2. The zero-order valence-corrected chi connectivity index (χ0v) is 26.1. The number of methoxy groups -OCH3 is 1. The maximum absolute atomic E-state index is 12.6. The molecule has 0 fully saturated rings. The van der Waals surface area contributed by atoms with Crippen molar-refractivity contribution in [2.24, 2.45) is 0 Å². The Morgan fingerprint density at radius 3 is 2.49 bits per heavy atom. The molecule has 224 valence electrons. The van der Waals surface area contributed by atoms with Gasteiger partial charge in [0.25, 0.3) is 0 Å². The van der Waals surface area contributed by atoms with E-state index in [4.69, 9.17) is 42.8 Å². The summed E-state index contributed by atoms with van der Waals surface area (Å²) in [5.74, 6) is 0.482. The monoisotopic (exact) mass is 620 g/mol. The molecular weight excluding hydrogens is 587 g/mol. The Morgan fingerprint density at radius 1 is 1.00 bits per heavy atom. The first-order valence-corrected chi connectivity index (χ1v) is 14.7. The lowest BCUT2D eigenvalue weighted by Gasteiger charge is -2.24. The summed E-state index contributed by atoms with van der Waals surface area (Å²) in [6, 6.07) is 17.4. The van der Waals surface area contributed by atoms with Crippen LogP contribution in [-0.2, 0) is 24.4 Å². The second kappa shape index (κ2) is 12.9. The van der Waals surface area contributed by atoms with E-state index in [0.29, 0.717) is 53.5 Å². The molecule has 0 saturated carbocycles. The Labute approximate surface area is 261 Å². The quantitative estimate of drug-likeness (QED) is 0.202. The van der Waals surface area contributed by atoms with Crippen LogP contribution in [0.5, 0.6) is 5.88 Å². The van der Waals surface area contributed by atoms with E-state index < -0.39 is 5.60 Å². The highest BCUT2D eigenvalue weighted by Crippen LogP contribution is 2.42. The number of nitrogens with zero attached hydrogens (tertiary/aromatic N) is 3. The molecule has 1 aliphatic heterocycles. The zero-order chi connectivity index (χ0) is 30.7. The number of rotatable bonds is 8. The number of ether oxygens (including phenoxy) is 2. The summed E-state index contributed by atoms with van der Waals surface area (Å²) in [7, 11) is 1.58. The first-order chi connectivity index (χ1) is 20.6. The Kier molecular flexibility index (Phi) is 9.22. The fourth-order valence-corrected chi connectivity index (χ4v) is 5.67. The maximum Gasteiger partial charge on any atom is 0.410 e. The topological polar surface area (TPSA) is 96.8 Å². The first-order valence-electron chi connectivity index (χ1n) is 14.0. The summed E-state index contributed by atoms with van der Waals surface area (Å²) >= 11 is 14.0. The van der Waals surface area contributed by atoms with E-state index in [-0.39, 0.29) is 12.7 Å². The van der Waals surface area contributed by atoms with Gasteiger partial charge in [-0.25, -0.2) is 9.78 Å². The Bertz CT molecular complexity index is 1650. The second-order valence-corrected chi connectivity index (χ2v) is 12.0. The largest absolute Gasteiger partial charge is 0.481 e. The third-order valence-electron chi connectivity index (χ3n) is 7.04. The summed E-state index contributed by atoms with van der Waals surface area (Å²) < 4.78 is 11.1. The molecule has 0 atom stereocenters. The van der Waals surface area contributed by atoms with Crippen molar-refractivity contribution in [2.45, 2.75) is 46.0 Å². The lowest BCUT2D eigenvalue weighted by molar-refractivity contribution is 0.0242. The van der Waals surface area contributed by atoms with Gasteiger partial charge in [-0.05, 0) is 50.1 Å². The van der Waals surface area contributed by atoms with E-state index in [1.807, 2.05) is 75.4 Å². The van der Waals surface area contributed by atoms with Crippen molar-refractivity contribution in [3.8, 4) is 39.5 Å². The van der Waals surface area contributed by atoms with E-state index in [1.165, 1.54) is 0 Å². The molecule has 5 rings (SSSR count). The van der Waals surface area contributed by atoms with Gasteiger partial charge < -0.3 is 19.9 Å². The molecule has 2 aromatic carbocycles. The number of amides is 1.